The van der Waals surface area contributed by atoms with E-state index in [-0.39, 0.29) is 9.90 Å². The van der Waals surface area contributed by atoms with E-state index in [0.29, 0.717) is 31.3 Å². The molecule has 1 fully saturated rings. The van der Waals surface area contributed by atoms with Crippen molar-refractivity contribution in [2.45, 2.75) is 4.21 Å². The Morgan fingerprint density at radius 2 is 1.78 bits per heavy atom. The zero-order valence-electron chi connectivity index (χ0n) is 11.9. The monoisotopic (exact) mass is 360 g/mol. The Morgan fingerprint density at radius 1 is 1.13 bits per heavy atom. The SMILES string of the molecule is NS(=O)(=O)c1cnc(N2CCN(c3cc(F)ccc3F)CC2)s1. The molecule has 0 unspecified atom stereocenters. The van der Waals surface area contributed by atoms with Crippen molar-refractivity contribution in [2.24, 2.45) is 5.14 Å². The average molecular weight is 360 g/mol. The number of anilines is 2. The first-order valence-electron chi connectivity index (χ1n) is 6.78. The van der Waals surface area contributed by atoms with Gasteiger partial charge in [-0.3, -0.25) is 0 Å². The second-order valence-electron chi connectivity index (χ2n) is 5.08. The fraction of sp³-hybridized carbons (Fsp3) is 0.308. The van der Waals surface area contributed by atoms with Gasteiger partial charge >= 0.3 is 0 Å². The highest BCUT2D eigenvalue weighted by Crippen LogP contribution is 2.28. The maximum atomic E-state index is 13.8. The van der Waals surface area contributed by atoms with Gasteiger partial charge in [-0.05, 0) is 12.1 Å². The van der Waals surface area contributed by atoms with Crippen LogP contribution in [0.25, 0.3) is 0 Å². The maximum absolute atomic E-state index is 13.8. The van der Waals surface area contributed by atoms with Crippen LogP contribution in [0, 0.1) is 11.6 Å². The molecule has 124 valence electrons. The lowest BCUT2D eigenvalue weighted by Crippen LogP contribution is -2.46. The summed E-state index contributed by atoms with van der Waals surface area (Å²) in [7, 11) is -3.76. The molecule has 23 heavy (non-hydrogen) atoms. The first-order chi connectivity index (χ1) is 10.8. The maximum Gasteiger partial charge on any atom is 0.249 e. The number of nitrogens with zero attached hydrogens (tertiary/aromatic N) is 3. The Kier molecular flexibility index (Phi) is 4.21. The molecule has 1 saturated heterocycles. The summed E-state index contributed by atoms with van der Waals surface area (Å²) in [6.07, 6.45) is 1.23. The molecule has 1 aliphatic rings. The van der Waals surface area contributed by atoms with Crippen molar-refractivity contribution >= 4 is 32.2 Å². The van der Waals surface area contributed by atoms with E-state index in [1.807, 2.05) is 4.90 Å². The molecular formula is C13H14F2N4O2S2. The first kappa shape index (κ1) is 16.1. The van der Waals surface area contributed by atoms with Crippen molar-refractivity contribution in [3.8, 4) is 0 Å². The number of benzene rings is 1. The van der Waals surface area contributed by atoms with Crippen molar-refractivity contribution in [1.82, 2.24) is 4.98 Å². The van der Waals surface area contributed by atoms with E-state index in [1.54, 1.807) is 4.90 Å². The van der Waals surface area contributed by atoms with Crippen LogP contribution in [0.4, 0.5) is 19.6 Å². The van der Waals surface area contributed by atoms with Crippen molar-refractivity contribution in [3.05, 3.63) is 36.0 Å². The number of primary sulfonamides is 1. The van der Waals surface area contributed by atoms with Gasteiger partial charge in [0.25, 0.3) is 0 Å². The lowest BCUT2D eigenvalue weighted by atomic mass is 10.2. The Morgan fingerprint density at radius 3 is 2.39 bits per heavy atom. The molecule has 1 aromatic carbocycles. The zero-order chi connectivity index (χ0) is 16.6. The van der Waals surface area contributed by atoms with Gasteiger partial charge in [0, 0.05) is 32.2 Å². The van der Waals surface area contributed by atoms with Gasteiger partial charge in [0.2, 0.25) is 10.0 Å². The van der Waals surface area contributed by atoms with E-state index in [1.165, 1.54) is 12.3 Å². The van der Waals surface area contributed by atoms with Crippen molar-refractivity contribution < 1.29 is 17.2 Å². The number of hydrogen-bond acceptors (Lipinski definition) is 6. The molecule has 0 amide bonds. The summed E-state index contributed by atoms with van der Waals surface area (Å²) in [4.78, 5) is 7.72. The molecule has 0 bridgehead atoms. The highest BCUT2D eigenvalue weighted by molar-refractivity contribution is 7.91. The molecule has 1 aliphatic heterocycles. The van der Waals surface area contributed by atoms with Gasteiger partial charge in [0.15, 0.2) is 9.34 Å². The van der Waals surface area contributed by atoms with E-state index in [9.17, 15) is 17.2 Å². The first-order valence-corrected chi connectivity index (χ1v) is 9.14. The molecular weight excluding hydrogens is 346 g/mol. The Labute approximate surface area is 136 Å². The normalized spacial score (nSPS) is 16.0. The predicted molar refractivity (Wildman–Crippen MR) is 84.3 cm³/mol. The largest absolute Gasteiger partial charge is 0.366 e. The van der Waals surface area contributed by atoms with E-state index in [2.05, 4.69) is 4.98 Å². The third-order valence-corrected chi connectivity index (χ3v) is 6.02. The Hall–Kier alpha value is -1.78. The number of thiazole rings is 1. The molecule has 1 aromatic heterocycles. The highest BCUT2D eigenvalue weighted by Gasteiger charge is 2.23. The smallest absolute Gasteiger partial charge is 0.249 e. The number of halogens is 2. The number of rotatable bonds is 3. The van der Waals surface area contributed by atoms with Crippen LogP contribution in [0.2, 0.25) is 0 Å². The van der Waals surface area contributed by atoms with Crippen LogP contribution in [0.3, 0.4) is 0 Å². The molecule has 2 heterocycles. The van der Waals surface area contributed by atoms with Gasteiger partial charge in [-0.25, -0.2) is 27.3 Å². The predicted octanol–water partition coefficient (Wildman–Crippen LogP) is 1.40. The van der Waals surface area contributed by atoms with Gasteiger partial charge in [-0.15, -0.1) is 0 Å². The minimum atomic E-state index is -3.76. The lowest BCUT2D eigenvalue weighted by Gasteiger charge is -2.36. The van der Waals surface area contributed by atoms with Crippen LogP contribution in [-0.2, 0) is 10.0 Å². The second-order valence-corrected chi connectivity index (χ2v) is 7.87. The molecule has 6 nitrogen and oxygen atoms in total. The third-order valence-electron chi connectivity index (χ3n) is 3.55. The average Bonchev–Trinajstić information content (AvgIpc) is 3.00. The summed E-state index contributed by atoms with van der Waals surface area (Å²) in [6.45, 7) is 2.00. The van der Waals surface area contributed by atoms with E-state index < -0.39 is 21.7 Å². The van der Waals surface area contributed by atoms with Crippen LogP contribution < -0.4 is 14.9 Å². The number of sulfonamides is 1. The summed E-state index contributed by atoms with van der Waals surface area (Å²) in [5.41, 5.74) is 0.231. The van der Waals surface area contributed by atoms with E-state index >= 15 is 0 Å². The summed E-state index contributed by atoms with van der Waals surface area (Å²) >= 11 is 0.998. The zero-order valence-corrected chi connectivity index (χ0v) is 13.6. The molecule has 0 spiro atoms. The quantitative estimate of drug-likeness (QED) is 0.895. The van der Waals surface area contributed by atoms with E-state index in [0.717, 1.165) is 23.5 Å². The summed E-state index contributed by atoms with van der Waals surface area (Å²) in [5.74, 6) is -0.952. The number of nitrogens with two attached hydrogens (primary N) is 1. The van der Waals surface area contributed by atoms with Crippen molar-refractivity contribution in [1.29, 1.82) is 0 Å². The topological polar surface area (TPSA) is 79.5 Å². The lowest BCUT2D eigenvalue weighted by molar-refractivity contribution is 0.580. The molecule has 2 aromatic rings. The summed E-state index contributed by atoms with van der Waals surface area (Å²) in [5, 5.41) is 5.62. The minimum Gasteiger partial charge on any atom is -0.366 e. The summed E-state index contributed by atoms with van der Waals surface area (Å²) < 4.78 is 49.6. The molecule has 0 saturated carbocycles. The fourth-order valence-corrected chi connectivity index (χ4v) is 3.99. The van der Waals surface area contributed by atoms with Crippen LogP contribution >= 0.6 is 11.3 Å². The Bertz CT molecular complexity index is 817. The highest BCUT2D eigenvalue weighted by atomic mass is 32.2. The van der Waals surface area contributed by atoms with Crippen molar-refractivity contribution in [2.75, 3.05) is 36.0 Å². The van der Waals surface area contributed by atoms with E-state index in [4.69, 9.17) is 5.14 Å². The molecule has 0 radical (unpaired) electrons. The van der Waals surface area contributed by atoms with Gasteiger partial charge in [0.05, 0.1) is 11.9 Å². The summed E-state index contributed by atoms with van der Waals surface area (Å²) in [6, 6.07) is 3.36. The fourth-order valence-electron chi connectivity index (χ4n) is 2.40. The third kappa shape index (κ3) is 3.43. The van der Waals surface area contributed by atoms with Crippen LogP contribution in [-0.4, -0.2) is 39.6 Å². The molecule has 0 aliphatic carbocycles. The second kappa shape index (κ2) is 6.02. The number of piperazine rings is 1. The van der Waals surface area contributed by atoms with Crippen molar-refractivity contribution in [3.63, 3.8) is 0 Å². The standard InChI is InChI=1S/C13H14F2N4O2S2/c14-9-1-2-10(15)11(7-9)18-3-5-19(6-4-18)13-17-8-12(22-13)23(16,20)21/h1-2,7-8H,3-6H2,(H2,16,20,21). The Balaban J connectivity index is 1.71. The van der Waals surface area contributed by atoms with Crippen LogP contribution in [0.5, 0.6) is 0 Å². The molecule has 3 rings (SSSR count). The van der Waals surface area contributed by atoms with Gasteiger partial charge < -0.3 is 9.80 Å². The number of aromatic nitrogens is 1. The van der Waals surface area contributed by atoms with Gasteiger partial charge in [0.1, 0.15) is 11.6 Å². The molecule has 2 N–H and O–H groups in total. The molecule has 0 atom stereocenters. The number of hydrogen-bond donors (Lipinski definition) is 1. The van der Waals surface area contributed by atoms with Gasteiger partial charge in [-0.1, -0.05) is 11.3 Å². The minimum absolute atomic E-state index is 0.00565. The molecule has 10 heteroatoms. The van der Waals surface area contributed by atoms with Crippen LogP contribution in [0.15, 0.2) is 28.6 Å². The van der Waals surface area contributed by atoms with Crippen LogP contribution in [0.1, 0.15) is 0 Å². The van der Waals surface area contributed by atoms with Gasteiger partial charge in [-0.2, -0.15) is 0 Å².